The number of methoxy groups -OCH3 is 1. The number of thiophene rings is 1. The Kier molecular flexibility index (Phi) is 6.28. The molecule has 0 radical (unpaired) electrons. The lowest BCUT2D eigenvalue weighted by Crippen LogP contribution is -2.18. The second-order valence-corrected chi connectivity index (χ2v) is 9.47. The summed E-state index contributed by atoms with van der Waals surface area (Å²) in [5.41, 5.74) is 2.34. The molecule has 3 N–H and O–H groups in total. The van der Waals surface area contributed by atoms with Crippen LogP contribution in [0.2, 0.25) is 0 Å². The molecule has 0 unspecified atom stereocenters. The first kappa shape index (κ1) is 21.4. The second-order valence-electron chi connectivity index (χ2n) is 7.43. The van der Waals surface area contributed by atoms with Crippen LogP contribution >= 0.6 is 23.1 Å². The first-order valence-corrected chi connectivity index (χ1v) is 11.7. The van der Waals surface area contributed by atoms with Gasteiger partial charge in [0.1, 0.15) is 5.00 Å². The number of carbonyl (C=O) groups excluding carboxylic acids is 2. The Hall–Kier alpha value is -2.85. The van der Waals surface area contributed by atoms with Crippen molar-refractivity contribution in [3.05, 3.63) is 46.3 Å². The highest BCUT2D eigenvalue weighted by molar-refractivity contribution is 7.99. The summed E-state index contributed by atoms with van der Waals surface area (Å²) in [6, 6.07) is 9.48. The third-order valence-corrected chi connectivity index (χ3v) is 7.30. The first-order valence-electron chi connectivity index (χ1n) is 9.89. The monoisotopic (exact) mass is 457 g/mol. The lowest BCUT2D eigenvalue weighted by atomic mass is 9.88. The van der Waals surface area contributed by atoms with Crippen molar-refractivity contribution in [2.45, 2.75) is 31.3 Å². The summed E-state index contributed by atoms with van der Waals surface area (Å²) in [6.45, 7) is 2.20. The fourth-order valence-corrected chi connectivity index (χ4v) is 5.68. The smallest absolute Gasteiger partial charge is 0.341 e. The topological polar surface area (TPSA) is 112 Å². The van der Waals surface area contributed by atoms with Crippen molar-refractivity contribution < 1.29 is 14.3 Å². The molecule has 4 rings (SSSR count). The molecule has 1 aliphatic carbocycles. The van der Waals surface area contributed by atoms with Gasteiger partial charge in [-0.15, -0.1) is 21.5 Å². The minimum atomic E-state index is -0.413. The van der Waals surface area contributed by atoms with Gasteiger partial charge in [-0.2, -0.15) is 0 Å². The number of anilines is 1. The highest BCUT2D eigenvalue weighted by atomic mass is 32.2. The summed E-state index contributed by atoms with van der Waals surface area (Å²) in [5.74, 6) is 6.63. The number of ether oxygens (including phenoxy) is 1. The van der Waals surface area contributed by atoms with Crippen LogP contribution in [0.5, 0.6) is 0 Å². The number of hydrogen-bond donors (Lipinski definition) is 2. The molecule has 31 heavy (non-hydrogen) atoms. The zero-order valence-electron chi connectivity index (χ0n) is 17.3. The predicted octanol–water partition coefficient (Wildman–Crippen LogP) is 3.36. The molecule has 0 spiro atoms. The largest absolute Gasteiger partial charge is 0.465 e. The van der Waals surface area contributed by atoms with Crippen LogP contribution in [-0.2, 0) is 22.4 Å². The van der Waals surface area contributed by atoms with E-state index >= 15 is 0 Å². The van der Waals surface area contributed by atoms with Gasteiger partial charge in [-0.3, -0.25) is 4.79 Å². The van der Waals surface area contributed by atoms with E-state index in [0.29, 0.717) is 27.5 Å². The number of amides is 1. The molecule has 1 aliphatic rings. The van der Waals surface area contributed by atoms with Gasteiger partial charge in [0.05, 0.1) is 18.4 Å². The third kappa shape index (κ3) is 4.45. The molecule has 8 nitrogen and oxygen atoms in total. The fraction of sp³-hybridized carbons (Fsp3) is 0.333. The van der Waals surface area contributed by atoms with Crippen LogP contribution in [0.15, 0.2) is 35.5 Å². The van der Waals surface area contributed by atoms with E-state index in [4.69, 9.17) is 10.6 Å². The van der Waals surface area contributed by atoms with Crippen LogP contribution in [0.25, 0.3) is 11.4 Å². The zero-order valence-corrected chi connectivity index (χ0v) is 18.9. The average molecular weight is 458 g/mol. The second kappa shape index (κ2) is 9.11. The molecule has 1 aromatic carbocycles. The molecule has 0 saturated carbocycles. The van der Waals surface area contributed by atoms with Crippen molar-refractivity contribution in [1.82, 2.24) is 14.9 Å². The van der Waals surface area contributed by atoms with Gasteiger partial charge in [0.15, 0.2) is 5.82 Å². The quantitative estimate of drug-likeness (QED) is 0.332. The molecular formula is C21H23N5O3S2. The van der Waals surface area contributed by atoms with Gasteiger partial charge in [-0.25, -0.2) is 9.47 Å². The van der Waals surface area contributed by atoms with Gasteiger partial charge in [-0.1, -0.05) is 49.0 Å². The van der Waals surface area contributed by atoms with Gasteiger partial charge in [0.2, 0.25) is 11.1 Å². The molecule has 1 amide bonds. The number of fused-ring (bicyclic) bond motifs is 1. The Morgan fingerprint density at radius 3 is 2.84 bits per heavy atom. The van der Waals surface area contributed by atoms with Gasteiger partial charge in [-0.05, 0) is 30.7 Å². The van der Waals surface area contributed by atoms with E-state index in [1.165, 1.54) is 34.9 Å². The van der Waals surface area contributed by atoms with Crippen LogP contribution in [0.3, 0.4) is 0 Å². The van der Waals surface area contributed by atoms with E-state index in [1.54, 1.807) is 0 Å². The minimum absolute atomic E-state index is 0.0870. The van der Waals surface area contributed by atoms with E-state index < -0.39 is 5.97 Å². The number of thioether (sulfide) groups is 1. The number of benzene rings is 1. The molecule has 0 saturated heterocycles. The standard InChI is InChI=1S/C21H23N5O3S2/c1-12-8-9-14-15(10-12)31-19(17(14)20(28)29-2)23-16(27)11-30-21-25-24-18(26(21)22)13-6-4-3-5-7-13/h3-7,12H,8-11,22H2,1-2H3,(H,23,27)/t12-/m0/s1. The molecule has 3 aromatic rings. The normalized spacial score (nSPS) is 15.4. The average Bonchev–Trinajstić information content (AvgIpc) is 3.31. The number of rotatable bonds is 6. The van der Waals surface area contributed by atoms with Gasteiger partial charge < -0.3 is 15.9 Å². The minimum Gasteiger partial charge on any atom is -0.465 e. The van der Waals surface area contributed by atoms with E-state index in [2.05, 4.69) is 22.4 Å². The number of aromatic nitrogens is 3. The summed E-state index contributed by atoms with van der Waals surface area (Å²) in [4.78, 5) is 26.2. The van der Waals surface area contributed by atoms with Crippen molar-refractivity contribution in [3.63, 3.8) is 0 Å². The van der Waals surface area contributed by atoms with Crippen molar-refractivity contribution in [3.8, 4) is 11.4 Å². The molecule has 10 heteroatoms. The molecule has 162 valence electrons. The van der Waals surface area contributed by atoms with Gasteiger partial charge in [0.25, 0.3) is 0 Å². The van der Waals surface area contributed by atoms with Gasteiger partial charge >= 0.3 is 5.97 Å². The highest BCUT2D eigenvalue weighted by Gasteiger charge is 2.29. The zero-order chi connectivity index (χ0) is 22.0. The summed E-state index contributed by atoms with van der Waals surface area (Å²) in [7, 11) is 1.36. The number of hydrogen-bond acceptors (Lipinski definition) is 8. The maximum absolute atomic E-state index is 12.6. The van der Waals surface area contributed by atoms with Crippen LogP contribution in [-0.4, -0.2) is 39.6 Å². The van der Waals surface area contributed by atoms with E-state index in [9.17, 15) is 9.59 Å². The predicted molar refractivity (Wildman–Crippen MR) is 122 cm³/mol. The highest BCUT2D eigenvalue weighted by Crippen LogP contribution is 2.40. The van der Waals surface area contributed by atoms with Crippen molar-refractivity contribution in [2.24, 2.45) is 5.92 Å². The number of nitrogen functional groups attached to an aromatic ring is 1. The summed E-state index contributed by atoms with van der Waals surface area (Å²) < 4.78 is 6.35. The van der Waals surface area contributed by atoms with Crippen LogP contribution < -0.4 is 11.2 Å². The Morgan fingerprint density at radius 2 is 2.10 bits per heavy atom. The molecular weight excluding hydrogens is 434 g/mol. The molecule has 1 atom stereocenters. The van der Waals surface area contributed by atoms with Crippen LogP contribution in [0, 0.1) is 5.92 Å². The Labute approximate surface area is 188 Å². The maximum Gasteiger partial charge on any atom is 0.341 e. The van der Waals surface area contributed by atoms with Crippen molar-refractivity contribution in [2.75, 3.05) is 24.0 Å². The van der Waals surface area contributed by atoms with Crippen molar-refractivity contribution >= 4 is 40.0 Å². The van der Waals surface area contributed by atoms with Crippen LogP contribution in [0.1, 0.15) is 34.1 Å². The Morgan fingerprint density at radius 1 is 1.32 bits per heavy atom. The number of carbonyl (C=O) groups is 2. The first-order chi connectivity index (χ1) is 15.0. The summed E-state index contributed by atoms with van der Waals surface area (Å²) in [5, 5.41) is 12.1. The summed E-state index contributed by atoms with van der Waals surface area (Å²) >= 11 is 2.65. The molecule has 0 fully saturated rings. The fourth-order valence-electron chi connectivity index (χ4n) is 3.61. The van der Waals surface area contributed by atoms with E-state index in [0.717, 1.165) is 35.3 Å². The van der Waals surface area contributed by atoms with Crippen LogP contribution in [0.4, 0.5) is 5.00 Å². The van der Waals surface area contributed by atoms with Gasteiger partial charge in [0, 0.05) is 10.4 Å². The molecule has 0 aliphatic heterocycles. The lowest BCUT2D eigenvalue weighted by Gasteiger charge is -2.18. The maximum atomic E-state index is 12.6. The Balaban J connectivity index is 1.46. The molecule has 2 aromatic heterocycles. The summed E-state index contributed by atoms with van der Waals surface area (Å²) in [6.07, 6.45) is 2.75. The number of nitrogens with one attached hydrogen (secondary N) is 1. The SMILES string of the molecule is COC(=O)c1c(NC(=O)CSc2nnc(-c3ccccc3)n2N)sc2c1CC[C@H](C)C2. The third-order valence-electron chi connectivity index (χ3n) is 5.18. The lowest BCUT2D eigenvalue weighted by molar-refractivity contribution is -0.113. The number of esters is 1. The molecule has 2 heterocycles. The number of nitrogens with two attached hydrogens (primary N) is 1. The van der Waals surface area contributed by atoms with E-state index in [-0.39, 0.29) is 11.7 Å². The van der Waals surface area contributed by atoms with Crippen molar-refractivity contribution in [1.29, 1.82) is 0 Å². The number of nitrogens with zero attached hydrogens (tertiary/aromatic N) is 3. The van der Waals surface area contributed by atoms with E-state index in [1.807, 2.05) is 30.3 Å². The Bertz CT molecular complexity index is 1110. The molecule has 0 bridgehead atoms.